The van der Waals surface area contributed by atoms with Crippen molar-refractivity contribution < 1.29 is 14.0 Å². The maximum absolute atomic E-state index is 13.0. The molecule has 27 heavy (non-hydrogen) atoms. The van der Waals surface area contributed by atoms with Crippen LogP contribution in [0.1, 0.15) is 41.6 Å². The minimum absolute atomic E-state index is 0.0310. The largest absolute Gasteiger partial charge is 0.459 e. The zero-order valence-electron chi connectivity index (χ0n) is 15.7. The normalized spacial score (nSPS) is 14.3. The van der Waals surface area contributed by atoms with Gasteiger partial charge in [-0.25, -0.2) is 0 Å². The van der Waals surface area contributed by atoms with Gasteiger partial charge >= 0.3 is 0 Å². The molecule has 1 atom stereocenters. The molecule has 0 aliphatic carbocycles. The number of rotatable bonds is 3. The van der Waals surface area contributed by atoms with Gasteiger partial charge < -0.3 is 14.2 Å². The molecule has 0 saturated heterocycles. The van der Waals surface area contributed by atoms with Gasteiger partial charge in [0.25, 0.3) is 5.91 Å². The number of nitrogens with zero attached hydrogens (tertiary/aromatic N) is 2. The number of anilines is 1. The van der Waals surface area contributed by atoms with E-state index in [1.54, 1.807) is 29.8 Å². The van der Waals surface area contributed by atoms with Crippen LogP contribution >= 0.6 is 0 Å². The Morgan fingerprint density at radius 1 is 1.15 bits per heavy atom. The van der Waals surface area contributed by atoms with E-state index in [0.29, 0.717) is 12.1 Å². The van der Waals surface area contributed by atoms with Gasteiger partial charge in [-0.3, -0.25) is 9.59 Å². The number of carbonyl (C=O) groups is 2. The molecule has 4 rings (SSSR count). The van der Waals surface area contributed by atoms with Crippen molar-refractivity contribution in [2.24, 2.45) is 0 Å². The maximum atomic E-state index is 13.0. The Morgan fingerprint density at radius 3 is 2.67 bits per heavy atom. The number of para-hydroxylation sites is 1. The molecule has 2 amide bonds. The number of amides is 2. The molecule has 2 heterocycles. The SMILES string of the molecule is CC(=O)N1CCc2cc(C(=O)N(C)C(C)c3cc4ccccc4o3)ccc21. The van der Waals surface area contributed by atoms with E-state index in [9.17, 15) is 9.59 Å². The average molecular weight is 362 g/mol. The number of hydrogen-bond acceptors (Lipinski definition) is 3. The molecule has 1 aliphatic heterocycles. The van der Waals surface area contributed by atoms with Gasteiger partial charge in [0.05, 0.1) is 6.04 Å². The molecule has 1 aliphatic rings. The van der Waals surface area contributed by atoms with Crippen LogP contribution in [-0.4, -0.2) is 30.3 Å². The van der Waals surface area contributed by atoms with Gasteiger partial charge in [0.15, 0.2) is 0 Å². The first-order valence-corrected chi connectivity index (χ1v) is 9.12. The smallest absolute Gasteiger partial charge is 0.254 e. The third-order valence-electron chi connectivity index (χ3n) is 5.36. The molecule has 5 nitrogen and oxygen atoms in total. The topological polar surface area (TPSA) is 53.8 Å². The number of fused-ring (bicyclic) bond motifs is 2. The molecule has 0 radical (unpaired) electrons. The zero-order chi connectivity index (χ0) is 19.1. The first kappa shape index (κ1) is 17.3. The fourth-order valence-electron chi connectivity index (χ4n) is 3.64. The predicted molar refractivity (Wildman–Crippen MR) is 105 cm³/mol. The lowest BCUT2D eigenvalue weighted by atomic mass is 10.1. The highest BCUT2D eigenvalue weighted by molar-refractivity contribution is 5.98. The number of furan rings is 1. The van der Waals surface area contributed by atoms with E-state index in [1.807, 2.05) is 49.4 Å². The minimum atomic E-state index is -0.188. The van der Waals surface area contributed by atoms with Crippen molar-refractivity contribution in [3.8, 4) is 0 Å². The first-order valence-electron chi connectivity index (χ1n) is 9.12. The Hall–Kier alpha value is -3.08. The van der Waals surface area contributed by atoms with Crippen LogP contribution in [0.5, 0.6) is 0 Å². The molecule has 0 fully saturated rings. The van der Waals surface area contributed by atoms with Crippen molar-refractivity contribution in [3.63, 3.8) is 0 Å². The van der Waals surface area contributed by atoms with Crippen molar-refractivity contribution in [1.82, 2.24) is 4.90 Å². The summed E-state index contributed by atoms with van der Waals surface area (Å²) in [6.45, 7) is 4.20. The van der Waals surface area contributed by atoms with Crippen molar-refractivity contribution in [2.45, 2.75) is 26.3 Å². The van der Waals surface area contributed by atoms with Gasteiger partial charge in [0.2, 0.25) is 5.91 Å². The van der Waals surface area contributed by atoms with Crippen LogP contribution in [0.25, 0.3) is 11.0 Å². The van der Waals surface area contributed by atoms with Gasteiger partial charge in [-0.2, -0.15) is 0 Å². The first-order chi connectivity index (χ1) is 13.0. The van der Waals surface area contributed by atoms with Crippen LogP contribution in [0.15, 0.2) is 52.9 Å². The molecule has 3 aromatic rings. The highest BCUT2D eigenvalue weighted by Gasteiger charge is 2.26. The van der Waals surface area contributed by atoms with E-state index in [2.05, 4.69) is 0 Å². The number of benzene rings is 2. The van der Waals surface area contributed by atoms with Crippen LogP contribution in [0, 0.1) is 0 Å². The Morgan fingerprint density at radius 2 is 1.93 bits per heavy atom. The second-order valence-corrected chi connectivity index (χ2v) is 7.04. The fourth-order valence-corrected chi connectivity index (χ4v) is 3.64. The Balaban J connectivity index is 1.58. The summed E-state index contributed by atoms with van der Waals surface area (Å²) in [7, 11) is 1.79. The summed E-state index contributed by atoms with van der Waals surface area (Å²) in [5.74, 6) is 0.728. The monoisotopic (exact) mass is 362 g/mol. The van der Waals surface area contributed by atoms with Crippen molar-refractivity contribution in [3.05, 3.63) is 65.4 Å². The van der Waals surface area contributed by atoms with E-state index < -0.39 is 0 Å². The Bertz CT molecular complexity index is 1000. The van der Waals surface area contributed by atoms with E-state index in [0.717, 1.165) is 34.4 Å². The van der Waals surface area contributed by atoms with Gasteiger partial charge in [0.1, 0.15) is 11.3 Å². The Kier molecular flexibility index (Phi) is 4.22. The minimum Gasteiger partial charge on any atom is -0.459 e. The lowest BCUT2D eigenvalue weighted by molar-refractivity contribution is -0.116. The molecule has 0 spiro atoms. The van der Waals surface area contributed by atoms with Gasteiger partial charge in [0, 0.05) is 37.2 Å². The number of carbonyl (C=O) groups excluding carboxylic acids is 2. The fraction of sp³-hybridized carbons (Fsp3) is 0.273. The van der Waals surface area contributed by atoms with E-state index in [4.69, 9.17) is 4.42 Å². The Labute approximate surface area is 158 Å². The molecule has 0 saturated carbocycles. The van der Waals surface area contributed by atoms with Gasteiger partial charge in [-0.15, -0.1) is 0 Å². The summed E-state index contributed by atoms with van der Waals surface area (Å²) in [5, 5.41) is 1.03. The second-order valence-electron chi connectivity index (χ2n) is 7.04. The molecule has 5 heteroatoms. The van der Waals surface area contributed by atoms with Crippen LogP contribution in [-0.2, 0) is 11.2 Å². The molecule has 0 N–H and O–H groups in total. The standard InChI is InChI=1S/C22H22N2O3/c1-14(21-13-17-6-4-5-7-20(17)27-21)23(3)22(26)18-8-9-19-16(12-18)10-11-24(19)15(2)25/h4-9,12-14H,10-11H2,1-3H3. The summed E-state index contributed by atoms with van der Waals surface area (Å²) in [4.78, 5) is 28.1. The van der Waals surface area contributed by atoms with Gasteiger partial charge in [-0.05, 0) is 49.2 Å². The predicted octanol–water partition coefficient (Wildman–Crippen LogP) is 4.18. The van der Waals surface area contributed by atoms with Gasteiger partial charge in [-0.1, -0.05) is 18.2 Å². The third kappa shape index (κ3) is 2.99. The van der Waals surface area contributed by atoms with Crippen molar-refractivity contribution in [2.75, 3.05) is 18.5 Å². The molecule has 0 bridgehead atoms. The molecular weight excluding hydrogens is 340 g/mol. The lowest BCUT2D eigenvalue weighted by Crippen LogP contribution is -2.29. The van der Waals surface area contributed by atoms with Crippen molar-refractivity contribution >= 4 is 28.5 Å². The van der Waals surface area contributed by atoms with Crippen LogP contribution < -0.4 is 4.90 Å². The molecular formula is C22H22N2O3. The summed E-state index contributed by atoms with van der Waals surface area (Å²) in [6, 6.07) is 15.2. The summed E-state index contributed by atoms with van der Waals surface area (Å²) in [6.07, 6.45) is 0.777. The van der Waals surface area contributed by atoms with Crippen LogP contribution in [0.3, 0.4) is 0 Å². The lowest BCUT2D eigenvalue weighted by Gasteiger charge is -2.24. The van der Waals surface area contributed by atoms with Crippen LogP contribution in [0.4, 0.5) is 5.69 Å². The molecule has 2 aromatic carbocycles. The average Bonchev–Trinajstić information content (AvgIpc) is 3.29. The van der Waals surface area contributed by atoms with E-state index in [1.165, 1.54) is 0 Å². The quantitative estimate of drug-likeness (QED) is 0.702. The second kappa shape index (κ2) is 6.58. The van der Waals surface area contributed by atoms with Crippen LogP contribution in [0.2, 0.25) is 0 Å². The third-order valence-corrected chi connectivity index (χ3v) is 5.36. The van der Waals surface area contributed by atoms with Crippen molar-refractivity contribution in [1.29, 1.82) is 0 Å². The zero-order valence-corrected chi connectivity index (χ0v) is 15.7. The highest BCUT2D eigenvalue weighted by Crippen LogP contribution is 2.31. The maximum Gasteiger partial charge on any atom is 0.254 e. The molecule has 1 aromatic heterocycles. The summed E-state index contributed by atoms with van der Waals surface area (Å²) < 4.78 is 5.91. The summed E-state index contributed by atoms with van der Waals surface area (Å²) in [5.41, 5.74) is 3.40. The van der Waals surface area contributed by atoms with E-state index >= 15 is 0 Å². The molecule has 138 valence electrons. The summed E-state index contributed by atoms with van der Waals surface area (Å²) >= 11 is 0. The number of hydrogen-bond donors (Lipinski definition) is 0. The van der Waals surface area contributed by atoms with E-state index in [-0.39, 0.29) is 17.9 Å². The molecule has 1 unspecified atom stereocenters. The highest BCUT2D eigenvalue weighted by atomic mass is 16.3.